The zero-order valence-electron chi connectivity index (χ0n) is 12.6. The molecule has 0 saturated heterocycles. The van der Waals surface area contributed by atoms with Crippen molar-refractivity contribution in [1.29, 1.82) is 0 Å². The van der Waals surface area contributed by atoms with Crippen molar-refractivity contribution >= 4 is 5.97 Å². The third-order valence-electron chi connectivity index (χ3n) is 3.11. The number of nitrogens with two attached hydrogens (primary N) is 1. The topological polar surface area (TPSA) is 61.5 Å². The van der Waals surface area contributed by atoms with Crippen LogP contribution in [-0.2, 0) is 22.6 Å². The molecule has 0 bridgehead atoms. The first-order valence-corrected chi connectivity index (χ1v) is 7.14. The third kappa shape index (κ3) is 5.92. The van der Waals surface area contributed by atoms with Gasteiger partial charge in [0.05, 0.1) is 0 Å². The Morgan fingerprint density at radius 1 is 1.04 bits per heavy atom. The zero-order chi connectivity index (χ0) is 17.6. The highest BCUT2D eigenvalue weighted by Crippen LogP contribution is 2.23. The largest absolute Gasteiger partial charge is 0.573 e. The lowest BCUT2D eigenvalue weighted by Gasteiger charge is -2.13. The van der Waals surface area contributed by atoms with Gasteiger partial charge in [-0.25, -0.2) is 0 Å². The molecule has 0 spiro atoms. The van der Waals surface area contributed by atoms with Crippen LogP contribution >= 0.6 is 0 Å². The molecule has 0 aliphatic carbocycles. The number of halogens is 3. The lowest BCUT2D eigenvalue weighted by Crippen LogP contribution is -2.34. The van der Waals surface area contributed by atoms with Gasteiger partial charge < -0.3 is 15.2 Å². The highest BCUT2D eigenvalue weighted by Gasteiger charge is 2.31. The molecule has 0 aromatic heterocycles. The van der Waals surface area contributed by atoms with Crippen molar-refractivity contribution in [2.45, 2.75) is 25.4 Å². The van der Waals surface area contributed by atoms with Gasteiger partial charge in [0.1, 0.15) is 18.4 Å². The number of carbonyl (C=O) groups excluding carboxylic acids is 1. The maximum Gasteiger partial charge on any atom is 0.573 e. The van der Waals surface area contributed by atoms with E-state index in [2.05, 4.69) is 4.74 Å². The molecule has 1 atom stereocenters. The van der Waals surface area contributed by atoms with Gasteiger partial charge >= 0.3 is 12.3 Å². The van der Waals surface area contributed by atoms with E-state index in [0.29, 0.717) is 5.56 Å². The Kier molecular flexibility index (Phi) is 5.81. The number of carbonyl (C=O) groups is 1. The molecule has 0 aliphatic heterocycles. The minimum Gasteiger partial charge on any atom is -0.460 e. The van der Waals surface area contributed by atoms with Crippen LogP contribution in [0.25, 0.3) is 0 Å². The minimum atomic E-state index is -4.77. The number of alkyl halides is 3. The predicted molar refractivity (Wildman–Crippen MR) is 81.0 cm³/mol. The molecule has 24 heavy (non-hydrogen) atoms. The first-order valence-electron chi connectivity index (χ1n) is 7.14. The molecular weight excluding hydrogens is 323 g/mol. The van der Waals surface area contributed by atoms with Crippen LogP contribution in [0.15, 0.2) is 54.6 Å². The van der Waals surface area contributed by atoms with E-state index >= 15 is 0 Å². The summed E-state index contributed by atoms with van der Waals surface area (Å²) in [6.45, 7) is 0.0879. The molecule has 7 heteroatoms. The predicted octanol–water partition coefficient (Wildman–Crippen LogP) is 3.20. The average Bonchev–Trinajstić information content (AvgIpc) is 2.52. The van der Waals surface area contributed by atoms with E-state index in [4.69, 9.17) is 10.5 Å². The number of esters is 1. The lowest BCUT2D eigenvalue weighted by atomic mass is 10.1. The van der Waals surface area contributed by atoms with Crippen LogP contribution in [0.5, 0.6) is 5.75 Å². The SMILES string of the molecule is N[C@@H](Cc1cccc(OC(F)(F)F)c1)C(=O)OCc1ccccc1. The second-order valence-electron chi connectivity index (χ2n) is 5.10. The smallest absolute Gasteiger partial charge is 0.460 e. The van der Waals surface area contributed by atoms with Crippen LogP contribution in [-0.4, -0.2) is 18.4 Å². The van der Waals surface area contributed by atoms with E-state index in [1.165, 1.54) is 18.2 Å². The number of rotatable bonds is 6. The molecule has 4 nitrogen and oxygen atoms in total. The summed E-state index contributed by atoms with van der Waals surface area (Å²) in [5.41, 5.74) is 7.02. The fourth-order valence-corrected chi connectivity index (χ4v) is 2.04. The first kappa shape index (κ1) is 17.8. The molecule has 0 aliphatic rings. The Labute approximate surface area is 137 Å². The van der Waals surface area contributed by atoms with E-state index in [0.717, 1.165) is 5.56 Å². The summed E-state index contributed by atoms with van der Waals surface area (Å²) in [5, 5.41) is 0. The van der Waals surface area contributed by atoms with Gasteiger partial charge in [-0.15, -0.1) is 13.2 Å². The second-order valence-corrected chi connectivity index (χ2v) is 5.10. The molecular formula is C17H16F3NO3. The van der Waals surface area contributed by atoms with Crippen molar-refractivity contribution in [2.75, 3.05) is 0 Å². The van der Waals surface area contributed by atoms with Gasteiger partial charge in [0, 0.05) is 0 Å². The number of hydrogen-bond donors (Lipinski definition) is 1. The molecule has 0 amide bonds. The molecule has 0 fully saturated rings. The molecule has 0 radical (unpaired) electrons. The van der Waals surface area contributed by atoms with E-state index < -0.39 is 18.4 Å². The summed E-state index contributed by atoms with van der Waals surface area (Å²) in [7, 11) is 0. The van der Waals surface area contributed by atoms with Crippen molar-refractivity contribution < 1.29 is 27.4 Å². The molecule has 128 valence electrons. The van der Waals surface area contributed by atoms with Crippen LogP contribution in [0.4, 0.5) is 13.2 Å². The van der Waals surface area contributed by atoms with Crippen LogP contribution in [0.3, 0.4) is 0 Å². The standard InChI is InChI=1S/C17H16F3NO3/c18-17(19,20)24-14-8-4-7-13(9-14)10-15(21)16(22)23-11-12-5-2-1-3-6-12/h1-9,15H,10-11,21H2/t15-/m0/s1. The maximum absolute atomic E-state index is 12.2. The molecule has 0 saturated carbocycles. The minimum absolute atomic E-state index is 0.0443. The highest BCUT2D eigenvalue weighted by molar-refractivity contribution is 5.75. The van der Waals surface area contributed by atoms with Crippen molar-refractivity contribution in [1.82, 2.24) is 0 Å². The van der Waals surface area contributed by atoms with Crippen molar-refractivity contribution in [3.8, 4) is 5.75 Å². The number of benzene rings is 2. The van der Waals surface area contributed by atoms with Gasteiger partial charge in [0.2, 0.25) is 0 Å². The van der Waals surface area contributed by atoms with E-state index in [9.17, 15) is 18.0 Å². The monoisotopic (exact) mass is 339 g/mol. The van der Waals surface area contributed by atoms with E-state index in [1.54, 1.807) is 18.2 Å². The van der Waals surface area contributed by atoms with E-state index in [-0.39, 0.29) is 18.8 Å². The summed E-state index contributed by atoms with van der Waals surface area (Å²) >= 11 is 0. The van der Waals surface area contributed by atoms with Crippen molar-refractivity contribution in [3.05, 3.63) is 65.7 Å². The molecule has 2 N–H and O–H groups in total. The van der Waals surface area contributed by atoms with Gasteiger partial charge in [-0.1, -0.05) is 42.5 Å². The summed E-state index contributed by atoms with van der Waals surface area (Å²) in [4.78, 5) is 11.9. The van der Waals surface area contributed by atoms with Crippen LogP contribution in [0.1, 0.15) is 11.1 Å². The van der Waals surface area contributed by atoms with Crippen molar-refractivity contribution in [3.63, 3.8) is 0 Å². The first-order chi connectivity index (χ1) is 11.3. The molecule has 2 rings (SSSR count). The Hall–Kier alpha value is -2.54. The summed E-state index contributed by atoms with van der Waals surface area (Å²) in [6.07, 6.45) is -4.72. The number of ether oxygens (including phenoxy) is 2. The Bertz CT molecular complexity index is 674. The summed E-state index contributed by atoms with van der Waals surface area (Å²) < 4.78 is 45.5. The number of hydrogen-bond acceptors (Lipinski definition) is 4. The van der Waals surface area contributed by atoms with Gasteiger partial charge in [0.25, 0.3) is 0 Å². The Balaban J connectivity index is 1.90. The lowest BCUT2D eigenvalue weighted by molar-refractivity contribution is -0.274. The van der Waals surface area contributed by atoms with Crippen LogP contribution in [0, 0.1) is 0 Å². The van der Waals surface area contributed by atoms with Gasteiger partial charge in [-0.2, -0.15) is 0 Å². The quantitative estimate of drug-likeness (QED) is 0.821. The molecule has 0 heterocycles. The second kappa shape index (κ2) is 7.83. The average molecular weight is 339 g/mol. The van der Waals surface area contributed by atoms with Crippen LogP contribution < -0.4 is 10.5 Å². The van der Waals surface area contributed by atoms with Crippen molar-refractivity contribution in [2.24, 2.45) is 5.73 Å². The Morgan fingerprint density at radius 3 is 2.38 bits per heavy atom. The van der Waals surface area contributed by atoms with E-state index in [1.807, 2.05) is 18.2 Å². The fraction of sp³-hybridized carbons (Fsp3) is 0.235. The molecule has 2 aromatic carbocycles. The Morgan fingerprint density at radius 2 is 1.71 bits per heavy atom. The zero-order valence-corrected chi connectivity index (χ0v) is 12.6. The third-order valence-corrected chi connectivity index (χ3v) is 3.11. The van der Waals surface area contributed by atoms with Gasteiger partial charge in [0.15, 0.2) is 0 Å². The van der Waals surface area contributed by atoms with Gasteiger partial charge in [-0.3, -0.25) is 4.79 Å². The van der Waals surface area contributed by atoms with Gasteiger partial charge in [-0.05, 0) is 29.7 Å². The summed E-state index contributed by atoms with van der Waals surface area (Å²) in [6, 6.07) is 13.4. The van der Waals surface area contributed by atoms with Crippen LogP contribution in [0.2, 0.25) is 0 Å². The normalized spacial score (nSPS) is 12.5. The highest BCUT2D eigenvalue weighted by atomic mass is 19.4. The molecule has 2 aromatic rings. The summed E-state index contributed by atoms with van der Waals surface area (Å²) in [5.74, 6) is -0.981. The fourth-order valence-electron chi connectivity index (χ4n) is 2.04. The maximum atomic E-state index is 12.2. The molecule has 0 unspecified atom stereocenters.